The van der Waals surface area contributed by atoms with Gasteiger partial charge in [0.05, 0.1) is 8.79 Å². The van der Waals surface area contributed by atoms with E-state index in [4.69, 9.17) is 5.73 Å². The summed E-state index contributed by atoms with van der Waals surface area (Å²) in [7, 11) is 0. The molecule has 0 aliphatic rings. The minimum atomic E-state index is -0.222. The Labute approximate surface area is 88.6 Å². The third-order valence-electron chi connectivity index (χ3n) is 1.24. The van der Waals surface area contributed by atoms with E-state index in [0.29, 0.717) is 13.1 Å². The monoisotopic (exact) mass is 263 g/mol. The van der Waals surface area contributed by atoms with Crippen LogP contribution in [-0.4, -0.2) is 19.1 Å². The maximum absolute atomic E-state index is 11.1. The molecule has 0 bridgehead atoms. The molecule has 0 spiro atoms. The van der Waals surface area contributed by atoms with Gasteiger partial charge in [-0.15, -0.1) is 11.3 Å². The molecule has 1 heterocycles. The van der Waals surface area contributed by atoms with Crippen LogP contribution in [0.2, 0.25) is 0 Å². The van der Waals surface area contributed by atoms with E-state index < -0.39 is 0 Å². The SMILES string of the molecule is NCCNC(=O)Nc1ccc(Br)s1. The van der Waals surface area contributed by atoms with E-state index in [9.17, 15) is 4.79 Å². The molecule has 72 valence electrons. The highest BCUT2D eigenvalue weighted by Gasteiger charge is 2.01. The van der Waals surface area contributed by atoms with Gasteiger partial charge in [0.15, 0.2) is 0 Å². The van der Waals surface area contributed by atoms with Crippen LogP contribution in [0, 0.1) is 0 Å². The Morgan fingerprint density at radius 2 is 2.38 bits per heavy atom. The average Bonchev–Trinajstić information content (AvgIpc) is 2.48. The highest BCUT2D eigenvalue weighted by molar-refractivity contribution is 9.11. The van der Waals surface area contributed by atoms with Crippen molar-refractivity contribution in [1.29, 1.82) is 0 Å². The summed E-state index contributed by atoms with van der Waals surface area (Å²) >= 11 is 4.76. The minimum Gasteiger partial charge on any atom is -0.337 e. The quantitative estimate of drug-likeness (QED) is 0.776. The first kappa shape index (κ1) is 10.5. The zero-order chi connectivity index (χ0) is 9.68. The fourth-order valence-electron chi connectivity index (χ4n) is 0.723. The molecule has 0 saturated heterocycles. The van der Waals surface area contributed by atoms with Crippen LogP contribution < -0.4 is 16.4 Å². The van der Waals surface area contributed by atoms with Gasteiger partial charge in [0.25, 0.3) is 0 Å². The van der Waals surface area contributed by atoms with Crippen molar-refractivity contribution in [3.05, 3.63) is 15.9 Å². The summed E-state index contributed by atoms with van der Waals surface area (Å²) in [6, 6.07) is 3.49. The Bertz CT molecular complexity index is 289. The summed E-state index contributed by atoms with van der Waals surface area (Å²) < 4.78 is 0.988. The normalized spacial score (nSPS) is 9.69. The maximum Gasteiger partial charge on any atom is 0.319 e. The van der Waals surface area contributed by atoms with Crippen LogP contribution in [-0.2, 0) is 0 Å². The topological polar surface area (TPSA) is 67.1 Å². The Kier molecular flexibility index (Phi) is 4.20. The predicted molar refractivity (Wildman–Crippen MR) is 58.1 cm³/mol. The second-order valence-corrected chi connectivity index (χ2v) is 4.74. The van der Waals surface area contributed by atoms with Gasteiger partial charge in [-0.05, 0) is 28.1 Å². The summed E-state index contributed by atoms with van der Waals surface area (Å²) in [5.74, 6) is 0. The maximum atomic E-state index is 11.1. The molecule has 0 radical (unpaired) electrons. The van der Waals surface area contributed by atoms with Crippen LogP contribution >= 0.6 is 27.3 Å². The smallest absolute Gasteiger partial charge is 0.319 e. The van der Waals surface area contributed by atoms with Gasteiger partial charge in [-0.1, -0.05) is 0 Å². The van der Waals surface area contributed by atoms with Crippen molar-refractivity contribution in [3.63, 3.8) is 0 Å². The molecule has 0 unspecified atom stereocenters. The number of anilines is 1. The summed E-state index contributed by atoms with van der Waals surface area (Å²) in [6.07, 6.45) is 0. The zero-order valence-electron chi connectivity index (χ0n) is 6.84. The first-order valence-corrected chi connectivity index (χ1v) is 5.33. The van der Waals surface area contributed by atoms with Gasteiger partial charge in [-0.3, -0.25) is 5.32 Å². The standard InChI is InChI=1S/C7H10BrN3OS/c8-5-1-2-6(13-5)11-7(12)10-4-3-9/h1-2H,3-4,9H2,(H2,10,11,12). The largest absolute Gasteiger partial charge is 0.337 e. The molecule has 1 aromatic heterocycles. The van der Waals surface area contributed by atoms with Crippen molar-refractivity contribution >= 4 is 38.3 Å². The molecule has 6 heteroatoms. The van der Waals surface area contributed by atoms with Crippen molar-refractivity contribution < 1.29 is 4.79 Å². The minimum absolute atomic E-state index is 0.222. The zero-order valence-corrected chi connectivity index (χ0v) is 9.24. The van der Waals surface area contributed by atoms with Gasteiger partial charge in [0, 0.05) is 13.1 Å². The number of rotatable bonds is 3. The first-order chi connectivity index (χ1) is 6.22. The lowest BCUT2D eigenvalue weighted by Gasteiger charge is -2.03. The van der Waals surface area contributed by atoms with E-state index in [1.165, 1.54) is 11.3 Å². The number of hydrogen-bond donors (Lipinski definition) is 3. The van der Waals surface area contributed by atoms with Gasteiger partial charge >= 0.3 is 6.03 Å². The fraction of sp³-hybridized carbons (Fsp3) is 0.286. The first-order valence-electron chi connectivity index (χ1n) is 3.72. The van der Waals surface area contributed by atoms with E-state index in [1.54, 1.807) is 0 Å². The average molecular weight is 264 g/mol. The van der Waals surface area contributed by atoms with E-state index in [0.717, 1.165) is 8.79 Å². The number of urea groups is 1. The molecule has 13 heavy (non-hydrogen) atoms. The number of nitrogens with one attached hydrogen (secondary N) is 2. The number of carbonyl (C=O) groups is 1. The molecule has 0 atom stereocenters. The molecule has 2 amide bonds. The molecule has 4 N–H and O–H groups in total. The van der Waals surface area contributed by atoms with Crippen LogP contribution in [0.5, 0.6) is 0 Å². The second kappa shape index (κ2) is 5.21. The van der Waals surface area contributed by atoms with Crippen LogP contribution in [0.25, 0.3) is 0 Å². The number of thiophene rings is 1. The Morgan fingerprint density at radius 3 is 2.92 bits per heavy atom. The molecule has 1 rings (SSSR count). The summed E-state index contributed by atoms with van der Waals surface area (Å²) in [6.45, 7) is 0.930. The van der Waals surface area contributed by atoms with Crippen molar-refractivity contribution in [2.45, 2.75) is 0 Å². The van der Waals surface area contributed by atoms with Gasteiger partial charge in [-0.25, -0.2) is 4.79 Å². The Hall–Kier alpha value is -0.590. The summed E-state index contributed by atoms with van der Waals surface area (Å²) in [5.41, 5.74) is 5.23. The van der Waals surface area contributed by atoms with Gasteiger partial charge < -0.3 is 11.1 Å². The lowest BCUT2D eigenvalue weighted by atomic mass is 10.6. The van der Waals surface area contributed by atoms with Gasteiger partial charge in [-0.2, -0.15) is 0 Å². The third kappa shape index (κ3) is 3.75. The predicted octanol–water partition coefficient (Wildman–Crippen LogP) is 1.59. The number of hydrogen-bond acceptors (Lipinski definition) is 3. The van der Waals surface area contributed by atoms with E-state index in [2.05, 4.69) is 26.6 Å². The number of nitrogens with two attached hydrogens (primary N) is 1. The number of halogens is 1. The molecule has 0 aliphatic heterocycles. The van der Waals surface area contributed by atoms with Crippen molar-refractivity contribution in [2.75, 3.05) is 18.4 Å². The van der Waals surface area contributed by atoms with E-state index >= 15 is 0 Å². The molecule has 0 saturated carbocycles. The second-order valence-electron chi connectivity index (χ2n) is 2.27. The van der Waals surface area contributed by atoms with Crippen LogP contribution in [0.3, 0.4) is 0 Å². The summed E-state index contributed by atoms with van der Waals surface area (Å²) in [4.78, 5) is 11.1. The lowest BCUT2D eigenvalue weighted by Crippen LogP contribution is -2.32. The van der Waals surface area contributed by atoms with Crippen LogP contribution in [0.4, 0.5) is 9.80 Å². The number of amides is 2. The third-order valence-corrected chi connectivity index (χ3v) is 2.78. The van der Waals surface area contributed by atoms with Gasteiger partial charge in [0.2, 0.25) is 0 Å². The summed E-state index contributed by atoms with van der Waals surface area (Å²) in [5, 5.41) is 6.09. The van der Waals surface area contributed by atoms with Gasteiger partial charge in [0.1, 0.15) is 0 Å². The van der Waals surface area contributed by atoms with Crippen LogP contribution in [0.1, 0.15) is 0 Å². The highest BCUT2D eigenvalue weighted by atomic mass is 79.9. The molecule has 4 nitrogen and oxygen atoms in total. The molecule has 0 fully saturated rings. The number of carbonyl (C=O) groups excluding carboxylic acids is 1. The fourth-order valence-corrected chi connectivity index (χ4v) is 2.00. The van der Waals surface area contributed by atoms with E-state index in [1.807, 2.05) is 12.1 Å². The molecule has 0 aliphatic carbocycles. The Morgan fingerprint density at radius 1 is 1.62 bits per heavy atom. The Balaban J connectivity index is 2.36. The van der Waals surface area contributed by atoms with Crippen molar-refractivity contribution in [2.24, 2.45) is 5.73 Å². The molecule has 1 aromatic rings. The molecular formula is C7H10BrN3OS. The molecular weight excluding hydrogens is 254 g/mol. The van der Waals surface area contributed by atoms with Crippen molar-refractivity contribution in [3.8, 4) is 0 Å². The molecule has 0 aromatic carbocycles. The van der Waals surface area contributed by atoms with Crippen molar-refractivity contribution in [1.82, 2.24) is 5.32 Å². The van der Waals surface area contributed by atoms with Crippen LogP contribution in [0.15, 0.2) is 15.9 Å². The lowest BCUT2D eigenvalue weighted by molar-refractivity contribution is 0.252. The highest BCUT2D eigenvalue weighted by Crippen LogP contribution is 2.26. The van der Waals surface area contributed by atoms with E-state index in [-0.39, 0.29) is 6.03 Å².